The highest BCUT2D eigenvalue weighted by atomic mass is 28.4. The molecule has 0 radical (unpaired) electrons. The molecule has 0 heterocycles. The molecule has 164 valence electrons. The summed E-state index contributed by atoms with van der Waals surface area (Å²) < 4.78 is 6.34. The van der Waals surface area contributed by atoms with E-state index in [9.17, 15) is 0 Å². The lowest BCUT2D eigenvalue weighted by Crippen LogP contribution is -2.43. The third-order valence-corrected chi connectivity index (χ3v) is 18.9. The Hall–Kier alpha value is -0.0462. The quantitative estimate of drug-likeness (QED) is 0.206. The molecule has 0 aromatic rings. The van der Waals surface area contributed by atoms with Gasteiger partial charge < -0.3 is 4.43 Å². The van der Waals surface area contributed by atoms with Gasteiger partial charge in [-0.1, -0.05) is 68.7 Å². The van der Waals surface area contributed by atoms with Gasteiger partial charge in [0.25, 0.3) is 0 Å². The van der Waals surface area contributed by atoms with Gasteiger partial charge in [-0.15, -0.1) is 11.5 Å². The van der Waals surface area contributed by atoms with Gasteiger partial charge in [0.05, 0.1) is 0 Å². The Labute approximate surface area is 179 Å². The molecule has 0 unspecified atom stereocenters. The molecule has 1 saturated carbocycles. The lowest BCUT2D eigenvalue weighted by Gasteiger charge is -2.38. The van der Waals surface area contributed by atoms with Gasteiger partial charge in [-0.2, -0.15) is 0 Å². The first-order chi connectivity index (χ1) is 12.6. The zero-order valence-electron chi connectivity index (χ0n) is 21.3. The van der Waals surface area contributed by atoms with Crippen LogP contribution in [0.15, 0.2) is 0 Å². The monoisotopic (exact) mass is 422 g/mol. The highest BCUT2D eigenvalue weighted by Gasteiger charge is 2.49. The van der Waals surface area contributed by atoms with Crippen molar-refractivity contribution >= 4 is 16.4 Å². The van der Waals surface area contributed by atoms with Crippen molar-refractivity contribution in [1.82, 2.24) is 0 Å². The molecule has 1 nitrogen and oxygen atoms in total. The molecule has 0 amide bonds. The van der Waals surface area contributed by atoms with Crippen LogP contribution < -0.4 is 0 Å². The molecule has 0 aromatic heterocycles. The zero-order valence-corrected chi connectivity index (χ0v) is 23.3. The molecule has 1 aliphatic carbocycles. The van der Waals surface area contributed by atoms with Crippen LogP contribution in [0.1, 0.15) is 94.9 Å². The van der Waals surface area contributed by atoms with Crippen molar-refractivity contribution in [3.63, 3.8) is 0 Å². The first kappa shape index (κ1) is 26.0. The van der Waals surface area contributed by atoms with E-state index in [1.165, 1.54) is 25.7 Å². The number of unbranched alkanes of at least 4 members (excludes halogenated alkanes) is 1. The second-order valence-electron chi connectivity index (χ2n) is 12.1. The van der Waals surface area contributed by atoms with E-state index in [2.05, 4.69) is 93.8 Å². The van der Waals surface area contributed by atoms with Crippen LogP contribution in [0.3, 0.4) is 0 Å². The van der Waals surface area contributed by atoms with E-state index in [0.717, 1.165) is 29.1 Å². The Balaban J connectivity index is 2.56. The van der Waals surface area contributed by atoms with E-state index in [0.29, 0.717) is 5.04 Å². The van der Waals surface area contributed by atoms with E-state index in [-0.39, 0.29) is 5.41 Å². The fourth-order valence-electron chi connectivity index (χ4n) is 4.75. The Bertz CT molecular complexity index is 538. The van der Waals surface area contributed by atoms with Gasteiger partial charge >= 0.3 is 0 Å². The number of rotatable bonds is 9. The third-order valence-electron chi connectivity index (χ3n) is 8.06. The fraction of sp³-hybridized carbons (Fsp3) is 0.920. The van der Waals surface area contributed by atoms with E-state index >= 15 is 0 Å². The summed E-state index contributed by atoms with van der Waals surface area (Å²) in [5.41, 5.74) is 6.45. The molecule has 1 fully saturated rings. The minimum absolute atomic E-state index is 0.289. The van der Waals surface area contributed by atoms with Gasteiger partial charge in [0, 0.05) is 12.0 Å². The zero-order chi connectivity index (χ0) is 22.0. The lowest BCUT2D eigenvalue weighted by atomic mass is 10.0. The van der Waals surface area contributed by atoms with Gasteiger partial charge in [-0.3, -0.25) is 0 Å². The van der Waals surface area contributed by atoms with Gasteiger partial charge in [0.2, 0.25) is 0 Å². The maximum absolute atomic E-state index is 6.34. The summed E-state index contributed by atoms with van der Waals surface area (Å²) in [6.07, 6.45) is 5.13. The first-order valence-corrected chi connectivity index (χ1v) is 16.9. The second kappa shape index (κ2) is 9.40. The molecule has 1 rings (SSSR count). The normalized spacial score (nSPS) is 23.3. The minimum Gasteiger partial charge on any atom is -0.417 e. The SMILES string of the molecule is CC(C)[Si](C#C[C@@]1(C)C[C@@H]1CCCCO[Si](C)(C)C(C)(C)C)(C(C)C)C(C)C. The standard InChI is InChI=1S/C25H50OSi2/c1-20(2)28(21(3)4,22(5)6)18-16-25(10)19-23(25)15-13-14-17-26-27(11,12)24(7,8)9/h20-23H,13-15,17,19H2,1-12H3/t23-,25-/m0/s1. The van der Waals surface area contributed by atoms with Crippen molar-refractivity contribution in [2.45, 2.75) is 130 Å². The predicted octanol–water partition coefficient (Wildman–Crippen LogP) is 8.43. The van der Waals surface area contributed by atoms with Crippen molar-refractivity contribution in [3.05, 3.63) is 0 Å². The van der Waals surface area contributed by atoms with Crippen molar-refractivity contribution in [2.24, 2.45) is 11.3 Å². The van der Waals surface area contributed by atoms with Crippen LogP contribution in [0, 0.1) is 22.8 Å². The number of hydrogen-bond acceptors (Lipinski definition) is 1. The van der Waals surface area contributed by atoms with Gasteiger partial charge in [-0.25, -0.2) is 0 Å². The van der Waals surface area contributed by atoms with Crippen LogP contribution in [0.4, 0.5) is 0 Å². The summed E-state index contributed by atoms with van der Waals surface area (Å²) in [7, 11) is -3.17. The first-order valence-electron chi connectivity index (χ1n) is 11.8. The van der Waals surface area contributed by atoms with E-state index in [4.69, 9.17) is 4.43 Å². The largest absolute Gasteiger partial charge is 0.417 e. The minimum atomic E-state index is -1.59. The van der Waals surface area contributed by atoms with Gasteiger partial charge in [0.15, 0.2) is 8.32 Å². The van der Waals surface area contributed by atoms with Gasteiger partial charge in [0.1, 0.15) is 8.07 Å². The van der Waals surface area contributed by atoms with E-state index in [1.807, 2.05) is 0 Å². The maximum atomic E-state index is 6.34. The van der Waals surface area contributed by atoms with Crippen LogP contribution in [0.5, 0.6) is 0 Å². The van der Waals surface area contributed by atoms with Crippen LogP contribution in [-0.2, 0) is 4.43 Å². The van der Waals surface area contributed by atoms with Crippen LogP contribution in [-0.4, -0.2) is 23.0 Å². The average molecular weight is 423 g/mol. The van der Waals surface area contributed by atoms with Crippen molar-refractivity contribution in [2.75, 3.05) is 6.61 Å². The van der Waals surface area contributed by atoms with Crippen LogP contribution in [0.2, 0.25) is 34.8 Å². The molecule has 0 aliphatic heterocycles. The smallest absolute Gasteiger partial charge is 0.191 e. The van der Waals surface area contributed by atoms with E-state index < -0.39 is 16.4 Å². The Morgan fingerprint density at radius 3 is 1.89 bits per heavy atom. The Morgan fingerprint density at radius 2 is 1.46 bits per heavy atom. The molecular formula is C25H50OSi2. The van der Waals surface area contributed by atoms with Crippen molar-refractivity contribution in [3.8, 4) is 11.5 Å². The molecule has 3 heteroatoms. The highest BCUT2D eigenvalue weighted by molar-refractivity contribution is 6.90. The second-order valence-corrected chi connectivity index (χ2v) is 22.5. The summed E-state index contributed by atoms with van der Waals surface area (Å²) in [4.78, 5) is 0. The summed E-state index contributed by atoms with van der Waals surface area (Å²) >= 11 is 0. The Kier molecular flexibility index (Phi) is 8.72. The molecular weight excluding hydrogens is 372 g/mol. The number of hydrogen-bond donors (Lipinski definition) is 0. The van der Waals surface area contributed by atoms with Gasteiger partial charge in [-0.05, 0) is 66.9 Å². The average Bonchev–Trinajstić information content (AvgIpc) is 3.15. The van der Waals surface area contributed by atoms with Crippen molar-refractivity contribution < 1.29 is 4.43 Å². The summed E-state index contributed by atoms with van der Waals surface area (Å²) in [6, 6.07) is 0. The molecule has 1 aliphatic rings. The molecule has 0 saturated heterocycles. The predicted molar refractivity (Wildman–Crippen MR) is 132 cm³/mol. The van der Waals surface area contributed by atoms with Crippen molar-refractivity contribution in [1.29, 1.82) is 0 Å². The fourth-order valence-corrected chi connectivity index (χ4v) is 11.2. The molecule has 28 heavy (non-hydrogen) atoms. The molecule has 2 atom stereocenters. The highest BCUT2D eigenvalue weighted by Crippen LogP contribution is 2.55. The summed E-state index contributed by atoms with van der Waals surface area (Å²) in [5, 5.41) is 0.317. The summed E-state index contributed by atoms with van der Waals surface area (Å²) in [5.74, 6) is 4.65. The molecule has 0 aromatic carbocycles. The topological polar surface area (TPSA) is 9.23 Å². The van der Waals surface area contributed by atoms with Crippen LogP contribution in [0.25, 0.3) is 0 Å². The molecule has 0 bridgehead atoms. The molecule has 0 N–H and O–H groups in total. The molecule has 0 spiro atoms. The lowest BCUT2D eigenvalue weighted by molar-refractivity contribution is 0.276. The van der Waals surface area contributed by atoms with Crippen LogP contribution >= 0.6 is 0 Å². The van der Waals surface area contributed by atoms with E-state index in [1.54, 1.807) is 0 Å². The summed E-state index contributed by atoms with van der Waals surface area (Å²) in [6.45, 7) is 29.5. The maximum Gasteiger partial charge on any atom is 0.191 e. The third kappa shape index (κ3) is 5.99. The Morgan fingerprint density at radius 1 is 0.964 bits per heavy atom.